The topological polar surface area (TPSA) is 104 Å². The van der Waals surface area contributed by atoms with Gasteiger partial charge in [0.2, 0.25) is 0 Å². The molecular weight excluding hydrogens is 681 g/mol. The first kappa shape index (κ1) is 37.4. The lowest BCUT2D eigenvalue weighted by molar-refractivity contribution is -0.140. The summed E-state index contributed by atoms with van der Waals surface area (Å²) in [6.07, 6.45) is 6.07. The number of benzene rings is 4. The number of fused-ring (bicyclic) bond motifs is 3. The van der Waals surface area contributed by atoms with Gasteiger partial charge in [0.05, 0.1) is 16.7 Å². The molecule has 6 rings (SSSR count). The number of hydrogen-bond donors (Lipinski definition) is 0. The van der Waals surface area contributed by atoms with Gasteiger partial charge >= 0.3 is 5.97 Å². The Morgan fingerprint density at radius 1 is 0.717 bits per heavy atom. The maximum absolute atomic E-state index is 14.1. The van der Waals surface area contributed by atoms with Crippen molar-refractivity contribution in [3.8, 4) is 5.69 Å². The molecule has 270 valence electrons. The second-order valence-electron chi connectivity index (χ2n) is 13.5. The van der Waals surface area contributed by atoms with E-state index >= 15 is 0 Å². The Hall–Kier alpha value is -5.41. The average Bonchev–Trinajstić information content (AvgIpc) is 3.46. The Balaban J connectivity index is 1.36. The van der Waals surface area contributed by atoms with Crippen molar-refractivity contribution in [2.75, 3.05) is 0 Å². The van der Waals surface area contributed by atoms with E-state index in [2.05, 4.69) is 26.6 Å². The van der Waals surface area contributed by atoms with Gasteiger partial charge in [-0.25, -0.2) is 14.8 Å². The van der Waals surface area contributed by atoms with Crippen LogP contribution < -0.4 is 0 Å². The van der Waals surface area contributed by atoms with E-state index < -0.39 is 5.97 Å². The highest BCUT2D eigenvalue weighted by atomic mass is 32.2. The molecule has 0 radical (unpaired) electrons. The van der Waals surface area contributed by atoms with E-state index in [4.69, 9.17) is 4.84 Å². The van der Waals surface area contributed by atoms with Crippen molar-refractivity contribution < 1.29 is 19.2 Å². The van der Waals surface area contributed by atoms with Gasteiger partial charge in [0, 0.05) is 62.8 Å². The van der Waals surface area contributed by atoms with Crippen LogP contribution in [-0.2, 0) is 9.63 Å². The minimum atomic E-state index is -0.496. The van der Waals surface area contributed by atoms with Gasteiger partial charge in [0.1, 0.15) is 0 Å². The Bertz CT molecular complexity index is 2360. The maximum Gasteiger partial charge on any atom is 0.331 e. The van der Waals surface area contributed by atoms with Crippen LogP contribution in [0.15, 0.2) is 100 Å². The normalized spacial score (nSPS) is 11.7. The summed E-state index contributed by atoms with van der Waals surface area (Å²) in [5, 5.41) is 6.48. The van der Waals surface area contributed by atoms with E-state index in [0.717, 1.165) is 74.2 Å². The second-order valence-corrected chi connectivity index (χ2v) is 14.6. The molecule has 6 aromatic rings. The third-order valence-electron chi connectivity index (χ3n) is 9.32. The van der Waals surface area contributed by atoms with Crippen LogP contribution in [0.1, 0.15) is 108 Å². The van der Waals surface area contributed by atoms with Crippen molar-refractivity contribution in [2.45, 2.75) is 90.1 Å². The number of carbonyl (C=O) groups excluding carboxylic acids is 3. The number of ketones is 2. The Kier molecular flexibility index (Phi) is 11.6. The van der Waals surface area contributed by atoms with Crippen LogP contribution in [-0.4, -0.2) is 37.8 Å². The van der Waals surface area contributed by atoms with Gasteiger partial charge < -0.3 is 9.40 Å². The summed E-state index contributed by atoms with van der Waals surface area (Å²) in [5.74, 6) is -0.416. The Morgan fingerprint density at radius 2 is 1.34 bits per heavy atom. The van der Waals surface area contributed by atoms with Crippen LogP contribution in [0, 0.1) is 20.8 Å². The quantitative estimate of drug-likeness (QED) is 0.0275. The number of rotatable bonds is 14. The maximum atomic E-state index is 14.1. The molecule has 0 aliphatic carbocycles. The molecule has 53 heavy (non-hydrogen) atoms. The summed E-state index contributed by atoms with van der Waals surface area (Å²) in [6.45, 7) is 11.1. The molecule has 0 unspecified atom stereocenters. The fraction of sp³-hybridized carbons (Fsp3) is 0.273. The lowest BCUT2D eigenvalue weighted by Gasteiger charge is -2.10. The molecule has 0 saturated carbocycles. The highest BCUT2D eigenvalue weighted by Gasteiger charge is 2.19. The van der Waals surface area contributed by atoms with Gasteiger partial charge in [-0.15, -0.1) is 0 Å². The fourth-order valence-electron chi connectivity index (χ4n) is 6.64. The summed E-state index contributed by atoms with van der Waals surface area (Å²) in [5.41, 5.74) is 8.65. The standard InChI is InChI=1S/C44H44N4O4S/c1-7-8-9-10-11-12-42(50)32-13-17-35(18-14-32)48-40-21-15-33(30(5)47-52-31(6)49)25-38(40)39-26-34(16-22-41(39)48)43(51)37-20-19-36(23-27(37)2)53-44-45-28(3)24-29(4)46-44/h13-26H,7-12H2,1-6H3. The number of aromatic nitrogens is 3. The van der Waals surface area contributed by atoms with Gasteiger partial charge in [-0.3, -0.25) is 9.59 Å². The predicted octanol–water partition coefficient (Wildman–Crippen LogP) is 10.7. The molecule has 2 aromatic heterocycles. The van der Waals surface area contributed by atoms with Crippen molar-refractivity contribution >= 4 is 56.8 Å². The van der Waals surface area contributed by atoms with Crippen LogP contribution in [0.3, 0.4) is 0 Å². The zero-order valence-electron chi connectivity index (χ0n) is 31.2. The summed E-state index contributed by atoms with van der Waals surface area (Å²) in [7, 11) is 0. The van der Waals surface area contributed by atoms with Crippen molar-refractivity contribution in [2.24, 2.45) is 5.16 Å². The summed E-state index contributed by atoms with van der Waals surface area (Å²) >= 11 is 1.47. The van der Waals surface area contributed by atoms with Gasteiger partial charge in [0.25, 0.3) is 0 Å². The average molecular weight is 725 g/mol. The molecule has 4 aromatic carbocycles. The summed E-state index contributed by atoms with van der Waals surface area (Å²) < 4.78 is 2.15. The highest BCUT2D eigenvalue weighted by Crippen LogP contribution is 2.35. The van der Waals surface area contributed by atoms with Crippen molar-refractivity contribution in [1.82, 2.24) is 14.5 Å². The van der Waals surface area contributed by atoms with Crippen molar-refractivity contribution in [3.05, 3.63) is 124 Å². The fourth-order valence-corrected chi connectivity index (χ4v) is 7.60. The molecule has 0 fully saturated rings. The van der Waals surface area contributed by atoms with Crippen molar-refractivity contribution in [1.29, 1.82) is 0 Å². The van der Waals surface area contributed by atoms with Crippen LogP contribution in [0.4, 0.5) is 0 Å². The number of unbranched alkanes of at least 4 members (excludes halogenated alkanes) is 4. The van der Waals surface area contributed by atoms with Gasteiger partial charge in [0.15, 0.2) is 16.7 Å². The van der Waals surface area contributed by atoms with E-state index in [1.165, 1.54) is 31.5 Å². The molecule has 0 spiro atoms. The first-order valence-corrected chi connectivity index (χ1v) is 18.9. The molecule has 0 atom stereocenters. The van der Waals surface area contributed by atoms with Crippen LogP contribution in [0.25, 0.3) is 27.5 Å². The van der Waals surface area contributed by atoms with E-state index in [9.17, 15) is 14.4 Å². The monoisotopic (exact) mass is 724 g/mol. The molecule has 0 amide bonds. The van der Waals surface area contributed by atoms with Crippen LogP contribution in [0.5, 0.6) is 0 Å². The van der Waals surface area contributed by atoms with E-state index in [0.29, 0.717) is 34.0 Å². The van der Waals surface area contributed by atoms with Gasteiger partial charge in [-0.1, -0.05) is 43.8 Å². The molecule has 8 nitrogen and oxygen atoms in total. The largest absolute Gasteiger partial charge is 0.331 e. The third kappa shape index (κ3) is 8.63. The number of aryl methyl sites for hydroxylation is 3. The molecule has 0 N–H and O–H groups in total. The zero-order valence-corrected chi connectivity index (χ0v) is 32.0. The van der Waals surface area contributed by atoms with Crippen LogP contribution >= 0.6 is 11.8 Å². The molecule has 0 saturated heterocycles. The Labute approximate surface area is 314 Å². The first-order valence-electron chi connectivity index (χ1n) is 18.1. The molecule has 2 heterocycles. The highest BCUT2D eigenvalue weighted by molar-refractivity contribution is 7.99. The lowest BCUT2D eigenvalue weighted by Crippen LogP contribution is -2.04. The minimum absolute atomic E-state index is 0.0779. The molecule has 9 heteroatoms. The molecule has 0 aliphatic heterocycles. The summed E-state index contributed by atoms with van der Waals surface area (Å²) in [4.78, 5) is 53.5. The van der Waals surface area contributed by atoms with Crippen molar-refractivity contribution in [3.63, 3.8) is 0 Å². The number of hydrogen-bond acceptors (Lipinski definition) is 8. The number of carbonyl (C=O) groups is 3. The zero-order chi connectivity index (χ0) is 37.6. The van der Waals surface area contributed by atoms with E-state index in [1.54, 1.807) is 6.92 Å². The lowest BCUT2D eigenvalue weighted by atomic mass is 9.97. The molecule has 0 bridgehead atoms. The second kappa shape index (κ2) is 16.5. The molecule has 0 aliphatic rings. The van der Waals surface area contributed by atoms with Gasteiger partial charge in [-0.2, -0.15) is 0 Å². The summed E-state index contributed by atoms with van der Waals surface area (Å²) in [6, 6.07) is 27.3. The predicted molar refractivity (Wildman–Crippen MR) is 213 cm³/mol. The van der Waals surface area contributed by atoms with E-state index in [1.807, 2.05) is 106 Å². The smallest absolute Gasteiger partial charge is 0.318 e. The SMILES string of the molecule is CCCCCCCC(=O)c1ccc(-n2c3ccc(C(=O)c4ccc(Sc5nc(C)cc(C)n5)cc4C)cc3c3cc(C(C)=NOC(C)=O)ccc32)cc1. The number of nitrogens with zero attached hydrogens (tertiary/aromatic N) is 4. The Morgan fingerprint density at radius 3 is 1.98 bits per heavy atom. The minimum Gasteiger partial charge on any atom is -0.318 e. The molecular formula is C44H44N4O4S. The number of Topliss-reactive ketones (excluding diaryl/α,β-unsaturated/α-hetero) is 1. The van der Waals surface area contributed by atoms with E-state index in [-0.39, 0.29) is 11.6 Å². The van der Waals surface area contributed by atoms with Gasteiger partial charge in [-0.05, 0) is 136 Å². The first-order chi connectivity index (χ1) is 25.5. The number of oxime groups is 1. The van der Waals surface area contributed by atoms with Crippen LogP contribution in [0.2, 0.25) is 0 Å². The third-order valence-corrected chi connectivity index (χ3v) is 10.2.